The van der Waals surface area contributed by atoms with Gasteiger partial charge in [-0.15, -0.1) is 0 Å². The van der Waals surface area contributed by atoms with E-state index in [2.05, 4.69) is 14.9 Å². The molecule has 1 heterocycles. The number of nitrogens with one attached hydrogen (secondary N) is 2. The van der Waals surface area contributed by atoms with Gasteiger partial charge in [-0.3, -0.25) is 4.90 Å². The zero-order valence-electron chi connectivity index (χ0n) is 12.1. The van der Waals surface area contributed by atoms with Gasteiger partial charge in [0.2, 0.25) is 10.0 Å². The third-order valence-corrected chi connectivity index (χ3v) is 5.09. The Bertz CT molecular complexity index is 365. The normalized spacial score (nSPS) is 21.2. The zero-order valence-corrected chi connectivity index (χ0v) is 13.0. The lowest BCUT2D eigenvalue weighted by atomic mass is 10.4. The molecule has 0 amide bonds. The zero-order chi connectivity index (χ0) is 14.3. The molecule has 1 aliphatic heterocycles. The summed E-state index contributed by atoms with van der Waals surface area (Å²) in [5, 5.41) is 3.26. The molecular formula is C13H27N3O3S. The summed E-state index contributed by atoms with van der Waals surface area (Å²) >= 11 is 0. The molecule has 0 unspecified atom stereocenters. The second kappa shape index (κ2) is 8.29. The molecule has 20 heavy (non-hydrogen) atoms. The van der Waals surface area contributed by atoms with E-state index >= 15 is 0 Å². The minimum Gasteiger partial charge on any atom is -0.381 e. The van der Waals surface area contributed by atoms with Crippen LogP contribution in [-0.4, -0.2) is 71.6 Å². The van der Waals surface area contributed by atoms with Gasteiger partial charge in [-0.05, 0) is 25.2 Å². The highest BCUT2D eigenvalue weighted by molar-refractivity contribution is 7.89. The van der Waals surface area contributed by atoms with E-state index in [4.69, 9.17) is 4.74 Å². The van der Waals surface area contributed by atoms with Gasteiger partial charge in [-0.25, -0.2) is 13.1 Å². The molecule has 0 radical (unpaired) electrons. The van der Waals surface area contributed by atoms with Crippen LogP contribution in [0, 0.1) is 5.92 Å². The smallest absolute Gasteiger partial charge is 0.212 e. The quantitative estimate of drug-likeness (QED) is 0.539. The third kappa shape index (κ3) is 6.99. The van der Waals surface area contributed by atoms with Gasteiger partial charge in [0.1, 0.15) is 0 Å². The fourth-order valence-electron chi connectivity index (χ4n) is 2.19. The highest BCUT2D eigenvalue weighted by Crippen LogP contribution is 2.28. The van der Waals surface area contributed by atoms with Crippen molar-refractivity contribution in [3.8, 4) is 0 Å². The molecule has 2 aliphatic rings. The molecule has 118 valence electrons. The summed E-state index contributed by atoms with van der Waals surface area (Å²) < 4.78 is 31.8. The predicted octanol–water partition coefficient (Wildman–Crippen LogP) is -0.372. The first-order chi connectivity index (χ1) is 9.66. The van der Waals surface area contributed by atoms with Crippen LogP contribution in [0.25, 0.3) is 0 Å². The summed E-state index contributed by atoms with van der Waals surface area (Å²) in [6, 6.07) is 0. The Kier molecular flexibility index (Phi) is 6.70. The minimum absolute atomic E-state index is 0.190. The highest BCUT2D eigenvalue weighted by Gasteiger charge is 2.21. The van der Waals surface area contributed by atoms with E-state index in [1.54, 1.807) is 0 Å². The van der Waals surface area contributed by atoms with Gasteiger partial charge >= 0.3 is 0 Å². The predicted molar refractivity (Wildman–Crippen MR) is 79.3 cm³/mol. The first-order valence-electron chi connectivity index (χ1n) is 7.64. The fraction of sp³-hybridized carbons (Fsp3) is 1.00. The topological polar surface area (TPSA) is 70.7 Å². The van der Waals surface area contributed by atoms with Gasteiger partial charge in [0.25, 0.3) is 0 Å². The molecule has 1 saturated carbocycles. The summed E-state index contributed by atoms with van der Waals surface area (Å²) in [6.45, 7) is 6.36. The Morgan fingerprint density at radius 2 is 2.00 bits per heavy atom. The molecule has 1 aliphatic carbocycles. The Balaban J connectivity index is 1.48. The van der Waals surface area contributed by atoms with Crippen molar-refractivity contribution in [1.82, 2.24) is 14.9 Å². The van der Waals surface area contributed by atoms with Crippen molar-refractivity contribution in [2.24, 2.45) is 5.92 Å². The van der Waals surface area contributed by atoms with Gasteiger partial charge in [-0.2, -0.15) is 0 Å². The van der Waals surface area contributed by atoms with E-state index in [9.17, 15) is 8.42 Å². The van der Waals surface area contributed by atoms with Crippen LogP contribution in [0.2, 0.25) is 0 Å². The standard InChI is InChI=1S/C13H27N3O3S/c17-20(18,11-9-16-7-5-14-6-8-16)15-4-1-10-19-12-13-2-3-13/h13-15H,1-12H2. The van der Waals surface area contributed by atoms with Gasteiger partial charge in [-0.1, -0.05) is 0 Å². The van der Waals surface area contributed by atoms with Gasteiger partial charge in [0.15, 0.2) is 0 Å². The molecule has 7 heteroatoms. The van der Waals surface area contributed by atoms with E-state index in [1.807, 2.05) is 0 Å². The number of ether oxygens (including phenoxy) is 1. The Hall–Kier alpha value is -0.210. The summed E-state index contributed by atoms with van der Waals surface area (Å²) in [7, 11) is -3.14. The molecule has 6 nitrogen and oxygen atoms in total. The highest BCUT2D eigenvalue weighted by atomic mass is 32.2. The number of nitrogens with zero attached hydrogens (tertiary/aromatic N) is 1. The van der Waals surface area contributed by atoms with E-state index in [0.29, 0.717) is 19.7 Å². The Labute approximate surface area is 122 Å². The van der Waals surface area contributed by atoms with Crippen LogP contribution in [0.15, 0.2) is 0 Å². The van der Waals surface area contributed by atoms with Crippen LogP contribution in [0.4, 0.5) is 0 Å². The molecule has 0 atom stereocenters. The molecule has 0 aromatic heterocycles. The monoisotopic (exact) mass is 305 g/mol. The maximum absolute atomic E-state index is 11.8. The molecule has 2 fully saturated rings. The van der Waals surface area contributed by atoms with Crippen molar-refractivity contribution in [3.63, 3.8) is 0 Å². The van der Waals surface area contributed by atoms with Crippen molar-refractivity contribution < 1.29 is 13.2 Å². The molecule has 1 saturated heterocycles. The van der Waals surface area contributed by atoms with Crippen LogP contribution in [0.1, 0.15) is 19.3 Å². The van der Waals surface area contributed by atoms with E-state index < -0.39 is 10.0 Å². The third-order valence-electron chi connectivity index (χ3n) is 3.72. The van der Waals surface area contributed by atoms with Crippen LogP contribution in [0.5, 0.6) is 0 Å². The average Bonchev–Trinajstić information content (AvgIpc) is 3.26. The number of sulfonamides is 1. The first kappa shape index (κ1) is 16.2. The average molecular weight is 305 g/mol. The maximum atomic E-state index is 11.8. The maximum Gasteiger partial charge on any atom is 0.212 e. The second-order valence-corrected chi connectivity index (χ2v) is 7.60. The molecule has 0 aromatic carbocycles. The SMILES string of the molecule is O=S(=O)(CCN1CCNCC1)NCCCOCC1CC1. The van der Waals surface area contributed by atoms with Crippen molar-refractivity contribution in [3.05, 3.63) is 0 Å². The first-order valence-corrected chi connectivity index (χ1v) is 9.29. The number of hydrogen-bond acceptors (Lipinski definition) is 5. The lowest BCUT2D eigenvalue weighted by Gasteiger charge is -2.26. The van der Waals surface area contributed by atoms with Crippen LogP contribution in [0.3, 0.4) is 0 Å². The van der Waals surface area contributed by atoms with Crippen LogP contribution in [-0.2, 0) is 14.8 Å². The van der Waals surface area contributed by atoms with Crippen LogP contribution >= 0.6 is 0 Å². The lowest BCUT2D eigenvalue weighted by molar-refractivity contribution is 0.123. The van der Waals surface area contributed by atoms with Gasteiger partial charge in [0.05, 0.1) is 5.75 Å². The summed E-state index contributed by atoms with van der Waals surface area (Å²) in [5.41, 5.74) is 0. The second-order valence-electron chi connectivity index (χ2n) is 5.68. The molecular weight excluding hydrogens is 278 g/mol. The van der Waals surface area contributed by atoms with Crippen LogP contribution < -0.4 is 10.0 Å². The largest absolute Gasteiger partial charge is 0.381 e. The molecule has 0 bridgehead atoms. The molecule has 2 rings (SSSR count). The molecule has 0 aromatic rings. The van der Waals surface area contributed by atoms with E-state index in [1.165, 1.54) is 12.8 Å². The van der Waals surface area contributed by atoms with Gasteiger partial charge in [0, 0.05) is 52.5 Å². The summed E-state index contributed by atoms with van der Waals surface area (Å²) in [5.74, 6) is 0.960. The molecule has 0 spiro atoms. The van der Waals surface area contributed by atoms with Crippen molar-refractivity contribution in [2.45, 2.75) is 19.3 Å². The number of hydrogen-bond donors (Lipinski definition) is 2. The van der Waals surface area contributed by atoms with Crippen molar-refractivity contribution >= 4 is 10.0 Å². The minimum atomic E-state index is -3.14. The Morgan fingerprint density at radius 1 is 1.25 bits per heavy atom. The number of piperazine rings is 1. The Morgan fingerprint density at radius 3 is 2.70 bits per heavy atom. The number of rotatable bonds is 10. The molecule has 2 N–H and O–H groups in total. The van der Waals surface area contributed by atoms with Crippen molar-refractivity contribution in [1.29, 1.82) is 0 Å². The van der Waals surface area contributed by atoms with E-state index in [0.717, 1.165) is 45.1 Å². The van der Waals surface area contributed by atoms with E-state index in [-0.39, 0.29) is 5.75 Å². The van der Waals surface area contributed by atoms with Gasteiger partial charge < -0.3 is 10.1 Å². The van der Waals surface area contributed by atoms with Crippen molar-refractivity contribution in [2.75, 3.05) is 58.2 Å². The summed E-state index contributed by atoms with van der Waals surface area (Å²) in [4.78, 5) is 2.19. The lowest BCUT2D eigenvalue weighted by Crippen LogP contribution is -2.46. The summed E-state index contributed by atoms with van der Waals surface area (Å²) in [6.07, 6.45) is 3.33. The fourth-order valence-corrected chi connectivity index (χ4v) is 3.29.